The quantitative estimate of drug-likeness (QED) is 0.160. The molecule has 0 aromatic heterocycles. The van der Waals surface area contributed by atoms with Crippen LogP contribution in [0.15, 0.2) is 17.1 Å². The maximum atomic E-state index is 11.5. The number of hydrogen-bond donors (Lipinski definition) is 1. The van der Waals surface area contributed by atoms with Crippen molar-refractivity contribution in [2.45, 2.75) is 26.2 Å². The van der Waals surface area contributed by atoms with Crippen molar-refractivity contribution >= 4 is 35.2 Å². The van der Waals surface area contributed by atoms with Gasteiger partial charge in [0.25, 0.3) is 11.8 Å². The summed E-state index contributed by atoms with van der Waals surface area (Å²) in [6, 6.07) is 0. The van der Waals surface area contributed by atoms with Gasteiger partial charge in [0.2, 0.25) is 0 Å². The van der Waals surface area contributed by atoms with Gasteiger partial charge in [0.1, 0.15) is 0 Å². The van der Waals surface area contributed by atoms with Crippen LogP contribution in [0.3, 0.4) is 0 Å². The zero-order valence-corrected chi connectivity index (χ0v) is 17.4. The maximum absolute atomic E-state index is 11.5. The number of nitrogens with zero attached hydrogens (tertiary/aromatic N) is 2. The van der Waals surface area contributed by atoms with Crippen molar-refractivity contribution in [2.24, 2.45) is 10.4 Å². The van der Waals surface area contributed by atoms with Crippen LogP contribution in [0, 0.1) is 5.41 Å². The molecule has 0 fully saturated rings. The van der Waals surface area contributed by atoms with Gasteiger partial charge in [-0.2, -0.15) is 0 Å². The second-order valence-corrected chi connectivity index (χ2v) is 7.14. The number of carboxylic acids is 1. The first-order valence-electron chi connectivity index (χ1n) is 9.40. The molecule has 0 bridgehead atoms. The van der Waals surface area contributed by atoms with E-state index in [0.29, 0.717) is 52.4 Å². The summed E-state index contributed by atoms with van der Waals surface area (Å²) in [6.45, 7) is 4.74. The van der Waals surface area contributed by atoms with E-state index < -0.39 is 11.4 Å². The molecule has 0 aromatic rings. The van der Waals surface area contributed by atoms with Crippen LogP contribution >= 0.6 is 12.2 Å². The number of ether oxygens (including phenoxy) is 3. The third-order valence-corrected chi connectivity index (χ3v) is 4.14. The number of hydrogen-bond acceptors (Lipinski definition) is 8. The number of aliphatic carboxylic acids is 1. The van der Waals surface area contributed by atoms with Crippen LogP contribution in [0.4, 0.5) is 0 Å². The Labute approximate surface area is 175 Å². The molecular formula is C19H28N2O7S. The van der Waals surface area contributed by atoms with Gasteiger partial charge in [0.05, 0.1) is 44.6 Å². The van der Waals surface area contributed by atoms with Crippen LogP contribution in [0.2, 0.25) is 0 Å². The van der Waals surface area contributed by atoms with E-state index in [2.05, 4.69) is 22.4 Å². The summed E-state index contributed by atoms with van der Waals surface area (Å²) < 4.78 is 16.9. The Hall–Kier alpha value is -1.97. The molecule has 29 heavy (non-hydrogen) atoms. The standard InChI is InChI=1S/C19H28N2O7S/c1-19(14-28-11-6-18(24)25,12-26-9-2-7-20-15-29)13-27-10-3-8-21-16(22)4-5-17(21)23/h4-5H,2-3,6-14H2,1H3,(H,24,25). The molecule has 0 aliphatic carbocycles. The largest absolute Gasteiger partial charge is 0.481 e. The minimum Gasteiger partial charge on any atom is -0.481 e. The highest BCUT2D eigenvalue weighted by Crippen LogP contribution is 2.19. The van der Waals surface area contributed by atoms with Crippen LogP contribution in [-0.2, 0) is 28.6 Å². The number of isothiocyanates is 1. The smallest absolute Gasteiger partial charge is 0.305 e. The monoisotopic (exact) mass is 428 g/mol. The SMILES string of the molecule is CC(COCCCN=C=S)(COCCCN1C(=O)C=CC1=O)COCCC(=O)O. The third kappa shape index (κ3) is 11.0. The van der Waals surface area contributed by atoms with Gasteiger partial charge in [0.15, 0.2) is 0 Å². The lowest BCUT2D eigenvalue weighted by Crippen LogP contribution is -2.35. The van der Waals surface area contributed by atoms with Crippen molar-refractivity contribution in [3.05, 3.63) is 12.2 Å². The number of carbonyl (C=O) groups is 3. The lowest BCUT2D eigenvalue weighted by Gasteiger charge is -2.29. The first-order chi connectivity index (χ1) is 13.9. The number of amides is 2. The van der Waals surface area contributed by atoms with Gasteiger partial charge >= 0.3 is 5.97 Å². The van der Waals surface area contributed by atoms with E-state index in [1.54, 1.807) is 0 Å². The average Bonchev–Trinajstić information content (AvgIpc) is 2.99. The Morgan fingerprint density at radius 1 is 1.10 bits per heavy atom. The zero-order valence-electron chi connectivity index (χ0n) is 16.6. The molecule has 2 amide bonds. The van der Waals surface area contributed by atoms with E-state index in [1.165, 1.54) is 17.1 Å². The number of thiocarbonyl (C=S) groups is 1. The molecule has 0 aromatic carbocycles. The van der Waals surface area contributed by atoms with E-state index in [1.807, 2.05) is 6.92 Å². The van der Waals surface area contributed by atoms with E-state index >= 15 is 0 Å². The number of carbonyl (C=O) groups excluding carboxylic acids is 2. The fourth-order valence-electron chi connectivity index (χ4n) is 2.51. The van der Waals surface area contributed by atoms with Gasteiger partial charge in [-0.05, 0) is 25.1 Å². The molecular weight excluding hydrogens is 400 g/mol. The van der Waals surface area contributed by atoms with Gasteiger partial charge in [0, 0.05) is 37.3 Å². The van der Waals surface area contributed by atoms with Crippen molar-refractivity contribution in [3.8, 4) is 0 Å². The molecule has 1 heterocycles. The number of imide groups is 1. The fourth-order valence-corrected chi connectivity index (χ4v) is 2.60. The summed E-state index contributed by atoms with van der Waals surface area (Å²) in [6.07, 6.45) is 3.67. The Morgan fingerprint density at radius 2 is 1.66 bits per heavy atom. The van der Waals surface area contributed by atoms with Crippen molar-refractivity contribution in [1.82, 2.24) is 4.90 Å². The van der Waals surface area contributed by atoms with Crippen molar-refractivity contribution in [2.75, 3.05) is 52.7 Å². The van der Waals surface area contributed by atoms with Crippen LogP contribution in [0.5, 0.6) is 0 Å². The molecule has 1 unspecified atom stereocenters. The summed E-state index contributed by atoms with van der Waals surface area (Å²) in [4.78, 5) is 38.6. The lowest BCUT2D eigenvalue weighted by molar-refractivity contribution is -0.139. The van der Waals surface area contributed by atoms with Gasteiger partial charge in [-0.15, -0.1) is 0 Å². The summed E-state index contributed by atoms with van der Waals surface area (Å²) in [7, 11) is 0. The van der Waals surface area contributed by atoms with Crippen LogP contribution in [-0.4, -0.2) is 85.7 Å². The predicted octanol–water partition coefficient (Wildman–Crippen LogP) is 1.33. The summed E-state index contributed by atoms with van der Waals surface area (Å²) in [5, 5.41) is 11.0. The van der Waals surface area contributed by atoms with Gasteiger partial charge in [-0.25, -0.2) is 4.99 Å². The molecule has 162 valence electrons. The Bertz CT molecular complexity index is 616. The molecule has 9 nitrogen and oxygen atoms in total. The third-order valence-electron chi connectivity index (χ3n) is 4.01. The topological polar surface area (TPSA) is 115 Å². The molecule has 0 spiro atoms. The van der Waals surface area contributed by atoms with Crippen LogP contribution in [0.1, 0.15) is 26.2 Å². The fraction of sp³-hybridized carbons (Fsp3) is 0.684. The van der Waals surface area contributed by atoms with Crippen LogP contribution < -0.4 is 0 Å². The molecule has 0 saturated heterocycles. The van der Waals surface area contributed by atoms with E-state index in [-0.39, 0.29) is 31.4 Å². The first kappa shape index (κ1) is 25.1. The second-order valence-electron chi connectivity index (χ2n) is 6.95. The van der Waals surface area contributed by atoms with Crippen molar-refractivity contribution < 1.29 is 33.7 Å². The number of carboxylic acid groups (broad SMARTS) is 1. The highest BCUT2D eigenvalue weighted by molar-refractivity contribution is 7.78. The number of aliphatic imine (C=N–C) groups is 1. The molecule has 0 saturated carbocycles. The van der Waals surface area contributed by atoms with Gasteiger partial charge in [-0.1, -0.05) is 6.92 Å². The highest BCUT2D eigenvalue weighted by atomic mass is 32.1. The first-order valence-corrected chi connectivity index (χ1v) is 9.81. The molecule has 1 aliphatic rings. The molecule has 0 radical (unpaired) electrons. The molecule has 1 rings (SSSR count). The summed E-state index contributed by atoms with van der Waals surface area (Å²) in [5.41, 5.74) is -0.466. The molecule has 1 atom stereocenters. The van der Waals surface area contributed by atoms with Gasteiger partial charge < -0.3 is 19.3 Å². The minimum absolute atomic E-state index is 0.0701. The normalized spacial score (nSPS) is 15.4. The Kier molecular flexibility index (Phi) is 12.2. The van der Waals surface area contributed by atoms with Crippen LogP contribution in [0.25, 0.3) is 0 Å². The van der Waals surface area contributed by atoms with Crippen molar-refractivity contribution in [1.29, 1.82) is 0 Å². The zero-order chi connectivity index (χ0) is 21.5. The average molecular weight is 429 g/mol. The highest BCUT2D eigenvalue weighted by Gasteiger charge is 2.26. The van der Waals surface area contributed by atoms with Gasteiger partial charge in [-0.3, -0.25) is 19.3 Å². The summed E-state index contributed by atoms with van der Waals surface area (Å²) in [5.74, 6) is -1.53. The predicted molar refractivity (Wildman–Crippen MR) is 108 cm³/mol. The number of rotatable bonds is 17. The van der Waals surface area contributed by atoms with E-state index in [4.69, 9.17) is 19.3 Å². The molecule has 10 heteroatoms. The van der Waals surface area contributed by atoms with E-state index in [9.17, 15) is 14.4 Å². The van der Waals surface area contributed by atoms with Crippen molar-refractivity contribution in [3.63, 3.8) is 0 Å². The molecule has 1 N–H and O–H groups in total. The minimum atomic E-state index is -0.918. The second kappa shape index (κ2) is 14.1. The lowest BCUT2D eigenvalue weighted by atomic mass is 9.94. The Balaban J connectivity index is 2.34. The Morgan fingerprint density at radius 3 is 2.21 bits per heavy atom. The molecule has 1 aliphatic heterocycles. The summed E-state index contributed by atoms with van der Waals surface area (Å²) >= 11 is 4.51. The van der Waals surface area contributed by atoms with E-state index in [0.717, 1.165) is 0 Å². The maximum Gasteiger partial charge on any atom is 0.305 e.